The molecular weight excluding hydrogens is 174 g/mol. The van der Waals surface area contributed by atoms with Crippen LogP contribution in [-0.2, 0) is 0 Å². The number of rotatable bonds is 4. The zero-order chi connectivity index (χ0) is 10.2. The molecule has 2 saturated carbocycles. The van der Waals surface area contributed by atoms with E-state index in [0.717, 1.165) is 0 Å². The summed E-state index contributed by atoms with van der Waals surface area (Å²) in [5.74, 6) is 0. The van der Waals surface area contributed by atoms with Gasteiger partial charge in [0.1, 0.15) is 0 Å². The molecule has 2 aliphatic rings. The van der Waals surface area contributed by atoms with Gasteiger partial charge in [0.05, 0.1) is 6.61 Å². The van der Waals surface area contributed by atoms with Gasteiger partial charge in [-0.3, -0.25) is 0 Å². The molecule has 0 aliphatic heterocycles. The second-order valence-corrected chi connectivity index (χ2v) is 5.68. The summed E-state index contributed by atoms with van der Waals surface area (Å²) in [5, 5.41) is 13.3. The summed E-state index contributed by atoms with van der Waals surface area (Å²) in [6.07, 6.45) is 7.84. The molecule has 2 nitrogen and oxygen atoms in total. The van der Waals surface area contributed by atoms with Crippen molar-refractivity contribution in [1.29, 1.82) is 0 Å². The average molecular weight is 197 g/mol. The fourth-order valence-electron chi connectivity index (χ4n) is 2.67. The standard InChI is InChI=1S/C12H23NO/c1-11(7-8-11)12(2,9-14)13-10-5-3-4-6-10/h10,13-14H,3-9H2,1-2H3. The van der Waals surface area contributed by atoms with E-state index in [1.54, 1.807) is 0 Å². The normalized spacial score (nSPS) is 30.2. The van der Waals surface area contributed by atoms with E-state index in [1.807, 2.05) is 0 Å². The van der Waals surface area contributed by atoms with Crippen molar-refractivity contribution < 1.29 is 5.11 Å². The van der Waals surface area contributed by atoms with Gasteiger partial charge in [-0.05, 0) is 38.0 Å². The highest BCUT2D eigenvalue weighted by Gasteiger charge is 2.53. The summed E-state index contributed by atoms with van der Waals surface area (Å²) in [5.41, 5.74) is 0.312. The van der Waals surface area contributed by atoms with Gasteiger partial charge in [-0.25, -0.2) is 0 Å². The Labute approximate surface area is 87.1 Å². The molecular formula is C12H23NO. The minimum Gasteiger partial charge on any atom is -0.394 e. The number of hydrogen-bond acceptors (Lipinski definition) is 2. The lowest BCUT2D eigenvalue weighted by Gasteiger charge is -2.38. The van der Waals surface area contributed by atoms with Gasteiger partial charge in [0, 0.05) is 11.6 Å². The van der Waals surface area contributed by atoms with Crippen LogP contribution in [0.2, 0.25) is 0 Å². The summed E-state index contributed by atoms with van der Waals surface area (Å²) in [7, 11) is 0. The van der Waals surface area contributed by atoms with Crippen molar-refractivity contribution in [1.82, 2.24) is 5.32 Å². The molecule has 0 bridgehead atoms. The van der Waals surface area contributed by atoms with Crippen LogP contribution in [0.15, 0.2) is 0 Å². The Kier molecular flexibility index (Phi) is 2.61. The predicted molar refractivity (Wildman–Crippen MR) is 58.2 cm³/mol. The summed E-state index contributed by atoms with van der Waals surface area (Å²) in [4.78, 5) is 0. The van der Waals surface area contributed by atoms with E-state index in [0.29, 0.717) is 11.5 Å². The van der Waals surface area contributed by atoms with Crippen LogP contribution in [-0.4, -0.2) is 23.3 Å². The molecule has 0 aromatic carbocycles. The minimum atomic E-state index is -0.0397. The van der Waals surface area contributed by atoms with Crippen LogP contribution in [0, 0.1) is 5.41 Å². The van der Waals surface area contributed by atoms with Crippen LogP contribution < -0.4 is 5.32 Å². The molecule has 2 heteroatoms. The monoisotopic (exact) mass is 197 g/mol. The SMILES string of the molecule is CC1(C(C)(CO)NC2CCCC2)CC1. The number of nitrogens with one attached hydrogen (secondary N) is 1. The van der Waals surface area contributed by atoms with E-state index in [4.69, 9.17) is 0 Å². The molecule has 0 amide bonds. The maximum atomic E-state index is 9.56. The number of aliphatic hydroxyl groups excluding tert-OH is 1. The summed E-state index contributed by atoms with van der Waals surface area (Å²) >= 11 is 0. The Morgan fingerprint density at radius 2 is 1.93 bits per heavy atom. The van der Waals surface area contributed by atoms with Crippen LogP contribution >= 0.6 is 0 Å². The van der Waals surface area contributed by atoms with Crippen molar-refractivity contribution in [2.75, 3.05) is 6.61 Å². The van der Waals surface area contributed by atoms with Crippen molar-refractivity contribution in [3.05, 3.63) is 0 Å². The Morgan fingerprint density at radius 1 is 1.36 bits per heavy atom. The van der Waals surface area contributed by atoms with E-state index in [1.165, 1.54) is 38.5 Å². The van der Waals surface area contributed by atoms with Crippen molar-refractivity contribution in [2.24, 2.45) is 5.41 Å². The molecule has 0 heterocycles. The van der Waals surface area contributed by atoms with Gasteiger partial charge < -0.3 is 10.4 Å². The van der Waals surface area contributed by atoms with Crippen molar-refractivity contribution in [3.8, 4) is 0 Å². The second kappa shape index (κ2) is 3.49. The minimum absolute atomic E-state index is 0.0397. The largest absolute Gasteiger partial charge is 0.394 e. The summed E-state index contributed by atoms with van der Waals surface area (Å²) in [6, 6.07) is 0.657. The highest BCUT2D eigenvalue weighted by Crippen LogP contribution is 2.53. The highest BCUT2D eigenvalue weighted by atomic mass is 16.3. The maximum absolute atomic E-state index is 9.56. The molecule has 0 spiro atoms. The van der Waals surface area contributed by atoms with E-state index >= 15 is 0 Å². The van der Waals surface area contributed by atoms with Crippen LogP contribution in [0.25, 0.3) is 0 Å². The van der Waals surface area contributed by atoms with Gasteiger partial charge in [-0.1, -0.05) is 19.8 Å². The molecule has 0 radical (unpaired) electrons. The Bertz CT molecular complexity index is 206. The first-order chi connectivity index (χ1) is 6.60. The van der Waals surface area contributed by atoms with Gasteiger partial charge in [0.25, 0.3) is 0 Å². The third-order valence-electron chi connectivity index (χ3n) is 4.53. The molecule has 82 valence electrons. The molecule has 0 aromatic heterocycles. The molecule has 1 unspecified atom stereocenters. The molecule has 2 fully saturated rings. The Morgan fingerprint density at radius 3 is 2.36 bits per heavy atom. The fraction of sp³-hybridized carbons (Fsp3) is 1.00. The smallest absolute Gasteiger partial charge is 0.0616 e. The highest BCUT2D eigenvalue weighted by molar-refractivity contribution is 5.08. The molecule has 0 aromatic rings. The Balaban J connectivity index is 1.97. The number of hydrogen-bond donors (Lipinski definition) is 2. The summed E-state index contributed by atoms with van der Waals surface area (Å²) in [6.45, 7) is 4.77. The molecule has 0 saturated heterocycles. The zero-order valence-corrected chi connectivity index (χ0v) is 9.47. The molecule has 1 atom stereocenters. The lowest BCUT2D eigenvalue weighted by Crippen LogP contribution is -2.55. The number of aliphatic hydroxyl groups is 1. The van der Waals surface area contributed by atoms with Crippen LogP contribution in [0.5, 0.6) is 0 Å². The van der Waals surface area contributed by atoms with Gasteiger partial charge in [-0.2, -0.15) is 0 Å². The molecule has 2 N–H and O–H groups in total. The zero-order valence-electron chi connectivity index (χ0n) is 9.47. The van der Waals surface area contributed by atoms with Gasteiger partial charge in [-0.15, -0.1) is 0 Å². The first-order valence-electron chi connectivity index (χ1n) is 5.98. The van der Waals surface area contributed by atoms with E-state index < -0.39 is 0 Å². The molecule has 2 rings (SSSR count). The average Bonchev–Trinajstić information content (AvgIpc) is 2.74. The first-order valence-corrected chi connectivity index (χ1v) is 5.98. The fourth-order valence-corrected chi connectivity index (χ4v) is 2.67. The van der Waals surface area contributed by atoms with Crippen molar-refractivity contribution >= 4 is 0 Å². The van der Waals surface area contributed by atoms with Crippen molar-refractivity contribution in [3.63, 3.8) is 0 Å². The van der Waals surface area contributed by atoms with Crippen molar-refractivity contribution in [2.45, 2.75) is 64.0 Å². The van der Waals surface area contributed by atoms with Crippen LogP contribution in [0.4, 0.5) is 0 Å². The third-order valence-corrected chi connectivity index (χ3v) is 4.53. The summed E-state index contributed by atoms with van der Waals surface area (Å²) < 4.78 is 0. The van der Waals surface area contributed by atoms with E-state index in [9.17, 15) is 5.11 Å². The maximum Gasteiger partial charge on any atom is 0.0616 e. The predicted octanol–water partition coefficient (Wildman–Crippen LogP) is 2.07. The topological polar surface area (TPSA) is 32.3 Å². The lowest BCUT2D eigenvalue weighted by atomic mass is 9.83. The first kappa shape index (κ1) is 10.4. The van der Waals surface area contributed by atoms with Gasteiger partial charge in [0.15, 0.2) is 0 Å². The van der Waals surface area contributed by atoms with Crippen LogP contribution in [0.3, 0.4) is 0 Å². The lowest BCUT2D eigenvalue weighted by molar-refractivity contribution is 0.101. The van der Waals surface area contributed by atoms with E-state index in [-0.39, 0.29) is 12.1 Å². The quantitative estimate of drug-likeness (QED) is 0.723. The Hall–Kier alpha value is -0.0800. The molecule has 2 aliphatic carbocycles. The molecule has 14 heavy (non-hydrogen) atoms. The van der Waals surface area contributed by atoms with Gasteiger partial charge in [0.2, 0.25) is 0 Å². The third kappa shape index (κ3) is 1.70. The second-order valence-electron chi connectivity index (χ2n) is 5.68. The van der Waals surface area contributed by atoms with Crippen LogP contribution in [0.1, 0.15) is 52.4 Å². The van der Waals surface area contributed by atoms with E-state index in [2.05, 4.69) is 19.2 Å². The van der Waals surface area contributed by atoms with Gasteiger partial charge >= 0.3 is 0 Å².